The zero-order valence-electron chi connectivity index (χ0n) is 19.6. The van der Waals surface area contributed by atoms with Crippen LogP contribution >= 0.6 is 0 Å². The number of nitrogens with one attached hydrogen (secondary N) is 5. The molecule has 37 heavy (non-hydrogen) atoms. The van der Waals surface area contributed by atoms with E-state index in [-0.39, 0.29) is 12.8 Å². The maximum Gasteiger partial charge on any atom is 0.322 e. The summed E-state index contributed by atoms with van der Waals surface area (Å²) in [6.45, 7) is -0.655. The molecule has 2 heterocycles. The molecule has 0 bridgehead atoms. The Morgan fingerprint density at radius 3 is 2.30 bits per heavy atom. The molecule has 196 valence electrons. The number of aliphatic carboxylic acids is 2. The second-order valence-corrected chi connectivity index (χ2v) is 8.28. The van der Waals surface area contributed by atoms with Gasteiger partial charge in [-0.1, -0.05) is 18.2 Å². The van der Waals surface area contributed by atoms with Crippen LogP contribution in [0, 0.1) is 0 Å². The van der Waals surface area contributed by atoms with Crippen LogP contribution < -0.4 is 21.7 Å². The van der Waals surface area contributed by atoms with Crippen LogP contribution in [0.5, 0.6) is 0 Å². The first-order chi connectivity index (χ1) is 17.6. The predicted molar refractivity (Wildman–Crippen MR) is 129 cm³/mol. The molecule has 14 nitrogen and oxygen atoms in total. The number of carboxylic acids is 2. The van der Waals surface area contributed by atoms with Crippen LogP contribution in [-0.2, 0) is 36.8 Å². The van der Waals surface area contributed by atoms with Crippen molar-refractivity contribution in [2.75, 3.05) is 6.54 Å². The van der Waals surface area contributed by atoms with Crippen LogP contribution in [0.15, 0.2) is 43.0 Å². The smallest absolute Gasteiger partial charge is 0.322 e. The summed E-state index contributed by atoms with van der Waals surface area (Å²) >= 11 is 0. The third kappa shape index (κ3) is 7.63. The summed E-state index contributed by atoms with van der Waals surface area (Å²) in [5.41, 5.74) is 7.62. The lowest BCUT2D eigenvalue weighted by atomic mass is 10.0. The Morgan fingerprint density at radius 1 is 0.919 bits per heavy atom. The summed E-state index contributed by atoms with van der Waals surface area (Å²) in [6, 6.07) is 3.47. The van der Waals surface area contributed by atoms with Crippen LogP contribution in [0.4, 0.5) is 0 Å². The molecule has 0 spiro atoms. The van der Waals surface area contributed by atoms with E-state index in [2.05, 4.69) is 30.9 Å². The van der Waals surface area contributed by atoms with Crippen LogP contribution in [0.2, 0.25) is 0 Å². The molecule has 0 aliphatic rings. The molecular weight excluding hydrogens is 486 g/mol. The monoisotopic (exact) mass is 513 g/mol. The summed E-state index contributed by atoms with van der Waals surface area (Å²) in [4.78, 5) is 70.2. The fourth-order valence-corrected chi connectivity index (χ4v) is 3.67. The number of benzene rings is 1. The third-order valence-electron chi connectivity index (χ3n) is 5.49. The highest BCUT2D eigenvalue weighted by Crippen LogP contribution is 2.19. The Bertz CT molecular complexity index is 1270. The summed E-state index contributed by atoms with van der Waals surface area (Å²) in [5, 5.41) is 25.9. The first kappa shape index (κ1) is 26.9. The summed E-state index contributed by atoms with van der Waals surface area (Å²) in [7, 11) is 0. The molecule has 9 N–H and O–H groups in total. The molecule has 0 radical (unpaired) electrons. The van der Waals surface area contributed by atoms with E-state index in [4.69, 9.17) is 15.9 Å². The number of carbonyl (C=O) groups is 5. The molecular formula is C23H27N7O7. The van der Waals surface area contributed by atoms with Gasteiger partial charge in [0.2, 0.25) is 17.7 Å². The lowest BCUT2D eigenvalue weighted by Gasteiger charge is -2.23. The van der Waals surface area contributed by atoms with Gasteiger partial charge in [-0.15, -0.1) is 0 Å². The number of imidazole rings is 1. The van der Waals surface area contributed by atoms with Gasteiger partial charge in [0.25, 0.3) is 0 Å². The van der Waals surface area contributed by atoms with Crippen molar-refractivity contribution in [1.82, 2.24) is 30.9 Å². The van der Waals surface area contributed by atoms with Crippen molar-refractivity contribution in [1.29, 1.82) is 0 Å². The van der Waals surface area contributed by atoms with Crippen molar-refractivity contribution in [2.45, 2.75) is 37.4 Å². The maximum atomic E-state index is 13.3. The first-order valence-electron chi connectivity index (χ1n) is 11.2. The van der Waals surface area contributed by atoms with Gasteiger partial charge in [0.05, 0.1) is 18.8 Å². The number of aromatic nitrogens is 3. The first-order valence-corrected chi connectivity index (χ1v) is 11.2. The fraction of sp³-hybridized carbons (Fsp3) is 0.304. The SMILES string of the molecule is NC(CC(=O)O)C(=O)NC(Cc1cnc[nH]1)C(=O)NC(Cc1c[nH]c2ccccc12)C(=O)NCC(=O)O. The Kier molecular flexibility index (Phi) is 8.94. The number of amides is 3. The molecule has 3 atom stereocenters. The molecule has 3 aromatic rings. The molecule has 14 heteroatoms. The summed E-state index contributed by atoms with van der Waals surface area (Å²) < 4.78 is 0. The Morgan fingerprint density at radius 2 is 1.62 bits per heavy atom. The van der Waals surface area contributed by atoms with Gasteiger partial charge in [-0.2, -0.15) is 0 Å². The topological polar surface area (TPSA) is 232 Å². The van der Waals surface area contributed by atoms with E-state index in [1.165, 1.54) is 12.5 Å². The molecule has 3 amide bonds. The number of rotatable bonds is 13. The van der Waals surface area contributed by atoms with Crippen molar-refractivity contribution >= 4 is 40.6 Å². The molecule has 3 rings (SSSR count). The lowest BCUT2D eigenvalue weighted by molar-refractivity contribution is -0.139. The minimum Gasteiger partial charge on any atom is -0.481 e. The molecule has 1 aromatic carbocycles. The average molecular weight is 514 g/mol. The molecule has 0 aliphatic carbocycles. The molecule has 0 saturated carbocycles. The van der Waals surface area contributed by atoms with Crippen LogP contribution in [0.3, 0.4) is 0 Å². The van der Waals surface area contributed by atoms with Gasteiger partial charge in [-0.25, -0.2) is 4.98 Å². The van der Waals surface area contributed by atoms with Gasteiger partial charge in [-0.05, 0) is 11.6 Å². The lowest BCUT2D eigenvalue weighted by Crippen LogP contribution is -2.57. The fourth-order valence-electron chi connectivity index (χ4n) is 3.67. The molecule has 2 aromatic heterocycles. The van der Waals surface area contributed by atoms with Gasteiger partial charge in [-0.3, -0.25) is 24.0 Å². The van der Waals surface area contributed by atoms with Crippen molar-refractivity contribution in [3.8, 4) is 0 Å². The number of para-hydroxylation sites is 1. The van der Waals surface area contributed by atoms with E-state index in [1.807, 2.05) is 24.3 Å². The number of H-pyrrole nitrogens is 2. The highest BCUT2D eigenvalue weighted by atomic mass is 16.4. The van der Waals surface area contributed by atoms with E-state index in [0.717, 1.165) is 10.9 Å². The Balaban J connectivity index is 1.82. The van der Waals surface area contributed by atoms with E-state index in [1.54, 1.807) is 6.20 Å². The molecule has 0 aliphatic heterocycles. The number of aromatic amines is 2. The maximum absolute atomic E-state index is 13.3. The van der Waals surface area contributed by atoms with Crippen molar-refractivity contribution < 1.29 is 34.2 Å². The highest BCUT2D eigenvalue weighted by Gasteiger charge is 2.30. The quantitative estimate of drug-likeness (QED) is 0.135. The highest BCUT2D eigenvalue weighted by molar-refractivity contribution is 5.95. The van der Waals surface area contributed by atoms with Gasteiger partial charge in [0, 0.05) is 41.8 Å². The van der Waals surface area contributed by atoms with Gasteiger partial charge in [0.15, 0.2) is 0 Å². The van der Waals surface area contributed by atoms with Crippen molar-refractivity contribution in [3.63, 3.8) is 0 Å². The summed E-state index contributed by atoms with van der Waals surface area (Å²) in [6.07, 6.45) is 3.81. The zero-order chi connectivity index (χ0) is 26.9. The van der Waals surface area contributed by atoms with Crippen LogP contribution in [-0.4, -0.2) is 79.5 Å². The normalized spacial score (nSPS) is 13.3. The van der Waals surface area contributed by atoms with E-state index in [0.29, 0.717) is 11.3 Å². The predicted octanol–water partition coefficient (Wildman–Crippen LogP) is -1.35. The Hall–Kier alpha value is -4.72. The number of carbonyl (C=O) groups excluding carboxylic acids is 3. The summed E-state index contributed by atoms with van der Waals surface area (Å²) in [5.74, 6) is -4.92. The van der Waals surface area contributed by atoms with Crippen LogP contribution in [0.1, 0.15) is 17.7 Å². The second-order valence-electron chi connectivity index (χ2n) is 8.28. The van der Waals surface area contributed by atoms with Crippen molar-refractivity contribution in [2.24, 2.45) is 5.73 Å². The largest absolute Gasteiger partial charge is 0.481 e. The average Bonchev–Trinajstić information content (AvgIpc) is 3.51. The zero-order valence-corrected chi connectivity index (χ0v) is 19.6. The standard InChI is InChI=1S/C23H27N7O7/c24-15(7-19(31)32)21(35)29-18(6-13-9-25-11-28-13)23(37)30-17(22(36)27-10-20(33)34)5-12-8-26-16-4-2-1-3-14(12)16/h1-4,8-9,11,15,17-18,26H,5-7,10,24H2,(H,25,28)(H,27,36)(H,29,35)(H,30,37)(H,31,32)(H,33,34). The number of nitrogens with zero attached hydrogens (tertiary/aromatic N) is 1. The molecule has 0 fully saturated rings. The Labute approximate surface area is 210 Å². The second kappa shape index (κ2) is 12.3. The van der Waals surface area contributed by atoms with E-state index >= 15 is 0 Å². The van der Waals surface area contributed by atoms with Gasteiger partial charge >= 0.3 is 11.9 Å². The van der Waals surface area contributed by atoms with Gasteiger partial charge in [0.1, 0.15) is 18.6 Å². The van der Waals surface area contributed by atoms with Gasteiger partial charge < -0.3 is 41.9 Å². The number of hydrogen-bond acceptors (Lipinski definition) is 7. The van der Waals surface area contributed by atoms with E-state index < -0.39 is 60.8 Å². The molecule has 3 unspecified atom stereocenters. The minimum absolute atomic E-state index is 0.0183. The number of nitrogens with two attached hydrogens (primary N) is 1. The minimum atomic E-state index is -1.41. The van der Waals surface area contributed by atoms with Crippen molar-refractivity contribution in [3.05, 3.63) is 54.2 Å². The number of carboxylic acid groups (broad SMARTS) is 2. The van der Waals surface area contributed by atoms with E-state index in [9.17, 15) is 24.0 Å². The van der Waals surface area contributed by atoms with Crippen LogP contribution in [0.25, 0.3) is 10.9 Å². The number of hydrogen-bond donors (Lipinski definition) is 8. The third-order valence-corrected chi connectivity index (χ3v) is 5.49. The molecule has 0 saturated heterocycles. The number of fused-ring (bicyclic) bond motifs is 1.